The molecule has 4 nitrogen and oxygen atoms in total. The second-order valence-electron chi connectivity index (χ2n) is 7.04. The van der Waals surface area contributed by atoms with Gasteiger partial charge in [-0.2, -0.15) is 0 Å². The van der Waals surface area contributed by atoms with E-state index in [1.165, 1.54) is 38.8 Å². The highest BCUT2D eigenvalue weighted by molar-refractivity contribution is 5.97. The van der Waals surface area contributed by atoms with Crippen LogP contribution < -0.4 is 4.74 Å². The van der Waals surface area contributed by atoms with E-state index in [4.69, 9.17) is 4.74 Å². The summed E-state index contributed by atoms with van der Waals surface area (Å²) in [5, 5.41) is 0. The molecule has 1 atom stereocenters. The lowest BCUT2D eigenvalue weighted by Crippen LogP contribution is -2.45. The highest BCUT2D eigenvalue weighted by atomic mass is 16.5. The summed E-state index contributed by atoms with van der Waals surface area (Å²) in [5.74, 6) is 0.818. The Morgan fingerprint density at radius 1 is 1.08 bits per heavy atom. The number of hydrogen-bond donors (Lipinski definition) is 0. The summed E-state index contributed by atoms with van der Waals surface area (Å²) in [6, 6.07) is 7.97. The number of carbonyl (C=O) groups is 1. The van der Waals surface area contributed by atoms with E-state index in [0.29, 0.717) is 17.4 Å². The molecule has 1 aromatic rings. The molecule has 0 N–H and O–H groups in total. The molecule has 0 spiro atoms. The summed E-state index contributed by atoms with van der Waals surface area (Å²) in [6.45, 7) is 4.46. The molecular formula is C20H30N2O2. The summed E-state index contributed by atoms with van der Waals surface area (Å²) in [7, 11) is 1.64. The number of likely N-dealkylation sites (tertiary alicyclic amines) is 2. The molecule has 1 amide bonds. The van der Waals surface area contributed by atoms with Gasteiger partial charge in [-0.1, -0.05) is 18.6 Å². The number of methoxy groups -OCH3 is 1. The van der Waals surface area contributed by atoms with Crippen LogP contribution in [-0.2, 0) is 0 Å². The molecule has 2 aliphatic heterocycles. The van der Waals surface area contributed by atoms with Crippen molar-refractivity contribution in [3.05, 3.63) is 29.8 Å². The lowest BCUT2D eigenvalue weighted by Gasteiger charge is -2.37. The van der Waals surface area contributed by atoms with Crippen LogP contribution in [0.15, 0.2) is 24.3 Å². The molecule has 132 valence electrons. The van der Waals surface area contributed by atoms with Crippen LogP contribution in [0.25, 0.3) is 0 Å². The fourth-order valence-electron chi connectivity index (χ4n) is 4.06. The lowest BCUT2D eigenvalue weighted by atomic mass is 9.97. The van der Waals surface area contributed by atoms with Gasteiger partial charge in [0, 0.05) is 19.1 Å². The second-order valence-corrected chi connectivity index (χ2v) is 7.04. The van der Waals surface area contributed by atoms with Crippen molar-refractivity contribution < 1.29 is 9.53 Å². The van der Waals surface area contributed by atoms with Crippen LogP contribution in [0.2, 0.25) is 0 Å². The van der Waals surface area contributed by atoms with Crippen molar-refractivity contribution in [3.63, 3.8) is 0 Å². The van der Waals surface area contributed by atoms with Gasteiger partial charge >= 0.3 is 0 Å². The molecule has 1 aromatic carbocycles. The normalized spacial score (nSPS) is 22.4. The fraction of sp³-hybridized carbons (Fsp3) is 0.650. The summed E-state index contributed by atoms with van der Waals surface area (Å²) < 4.78 is 5.39. The van der Waals surface area contributed by atoms with Crippen LogP contribution in [0, 0.1) is 0 Å². The van der Waals surface area contributed by atoms with Gasteiger partial charge in [-0.3, -0.25) is 4.79 Å². The van der Waals surface area contributed by atoms with Gasteiger partial charge in [0.1, 0.15) is 5.75 Å². The van der Waals surface area contributed by atoms with Crippen LogP contribution in [0.5, 0.6) is 5.75 Å². The zero-order chi connectivity index (χ0) is 16.8. The van der Waals surface area contributed by atoms with Gasteiger partial charge in [-0.15, -0.1) is 0 Å². The quantitative estimate of drug-likeness (QED) is 0.827. The van der Waals surface area contributed by atoms with Crippen molar-refractivity contribution in [1.29, 1.82) is 0 Å². The molecule has 2 fully saturated rings. The van der Waals surface area contributed by atoms with E-state index in [2.05, 4.69) is 9.80 Å². The number of hydrogen-bond acceptors (Lipinski definition) is 3. The molecule has 0 radical (unpaired) electrons. The van der Waals surface area contributed by atoms with E-state index >= 15 is 0 Å². The first-order chi connectivity index (χ1) is 11.8. The van der Waals surface area contributed by atoms with Gasteiger partial charge in [-0.05, 0) is 63.7 Å². The maximum Gasteiger partial charge on any atom is 0.257 e. The Kier molecular flexibility index (Phi) is 6.13. The monoisotopic (exact) mass is 330 g/mol. The third kappa shape index (κ3) is 4.10. The maximum atomic E-state index is 13.1. The molecule has 0 bridgehead atoms. The number of piperidine rings is 2. The van der Waals surface area contributed by atoms with E-state index in [1.807, 2.05) is 24.3 Å². The van der Waals surface area contributed by atoms with Gasteiger partial charge in [-0.25, -0.2) is 0 Å². The maximum absolute atomic E-state index is 13.1. The van der Waals surface area contributed by atoms with E-state index in [0.717, 1.165) is 32.4 Å². The first-order valence-electron chi connectivity index (χ1n) is 9.46. The van der Waals surface area contributed by atoms with Crippen molar-refractivity contribution in [3.8, 4) is 5.75 Å². The van der Waals surface area contributed by atoms with Crippen molar-refractivity contribution >= 4 is 5.91 Å². The predicted octanol–water partition coefficient (Wildman–Crippen LogP) is 3.57. The topological polar surface area (TPSA) is 32.8 Å². The first-order valence-corrected chi connectivity index (χ1v) is 9.46. The molecule has 24 heavy (non-hydrogen) atoms. The number of ether oxygens (including phenoxy) is 1. The Hall–Kier alpha value is -1.55. The fourth-order valence-corrected chi connectivity index (χ4v) is 4.06. The van der Waals surface area contributed by atoms with Crippen molar-refractivity contribution in [1.82, 2.24) is 9.80 Å². The van der Waals surface area contributed by atoms with Crippen LogP contribution in [0.3, 0.4) is 0 Å². The average Bonchev–Trinajstić information content (AvgIpc) is 2.67. The largest absolute Gasteiger partial charge is 0.496 e. The van der Waals surface area contributed by atoms with Crippen LogP contribution in [-0.4, -0.2) is 55.0 Å². The Balaban J connectivity index is 1.65. The molecule has 0 aliphatic carbocycles. The van der Waals surface area contributed by atoms with Crippen molar-refractivity contribution in [2.24, 2.45) is 0 Å². The zero-order valence-electron chi connectivity index (χ0n) is 14.9. The second kappa shape index (κ2) is 8.52. The predicted molar refractivity (Wildman–Crippen MR) is 96.6 cm³/mol. The summed E-state index contributed by atoms with van der Waals surface area (Å²) in [6.07, 6.45) is 8.61. The van der Waals surface area contributed by atoms with Crippen molar-refractivity contribution in [2.75, 3.05) is 33.3 Å². The molecule has 0 aromatic heterocycles. The Bertz CT molecular complexity index is 540. The Morgan fingerprint density at radius 2 is 1.83 bits per heavy atom. The third-order valence-corrected chi connectivity index (χ3v) is 5.45. The number of rotatable bonds is 5. The van der Waals surface area contributed by atoms with E-state index in [-0.39, 0.29) is 5.91 Å². The summed E-state index contributed by atoms with van der Waals surface area (Å²) >= 11 is 0. The number of benzene rings is 1. The number of para-hydroxylation sites is 1. The van der Waals surface area contributed by atoms with Crippen molar-refractivity contribution in [2.45, 2.75) is 51.0 Å². The van der Waals surface area contributed by atoms with Gasteiger partial charge in [0.2, 0.25) is 0 Å². The number of carbonyl (C=O) groups excluding carboxylic acids is 1. The van der Waals surface area contributed by atoms with Crippen LogP contribution >= 0.6 is 0 Å². The minimum absolute atomic E-state index is 0.135. The molecule has 3 rings (SSSR count). The summed E-state index contributed by atoms with van der Waals surface area (Å²) in [4.78, 5) is 17.7. The SMILES string of the molecule is COc1ccccc1C(=O)N1CCCC[C@@H]1CCN1CCCCC1. The lowest BCUT2D eigenvalue weighted by molar-refractivity contribution is 0.0576. The van der Waals surface area contributed by atoms with Gasteiger partial charge in [0.25, 0.3) is 5.91 Å². The Morgan fingerprint density at radius 3 is 2.62 bits per heavy atom. The molecule has 0 unspecified atom stereocenters. The number of amides is 1. The van der Waals surface area contributed by atoms with Crippen LogP contribution in [0.4, 0.5) is 0 Å². The van der Waals surface area contributed by atoms with E-state index in [1.54, 1.807) is 7.11 Å². The van der Waals surface area contributed by atoms with Crippen LogP contribution in [0.1, 0.15) is 55.3 Å². The molecule has 2 heterocycles. The molecule has 0 saturated carbocycles. The van der Waals surface area contributed by atoms with E-state index in [9.17, 15) is 4.79 Å². The van der Waals surface area contributed by atoms with Gasteiger partial charge in [0.15, 0.2) is 0 Å². The Labute approximate surface area is 145 Å². The molecule has 4 heteroatoms. The first kappa shape index (κ1) is 17.3. The number of nitrogens with zero attached hydrogens (tertiary/aromatic N) is 2. The van der Waals surface area contributed by atoms with E-state index < -0.39 is 0 Å². The highest BCUT2D eigenvalue weighted by Crippen LogP contribution is 2.26. The average molecular weight is 330 g/mol. The molecule has 2 aliphatic rings. The van der Waals surface area contributed by atoms with Gasteiger partial charge < -0.3 is 14.5 Å². The standard InChI is InChI=1S/C20H30N2O2/c1-24-19-11-4-3-10-18(19)20(23)22-15-8-5-9-17(22)12-16-21-13-6-2-7-14-21/h3-4,10-11,17H,2,5-9,12-16H2,1H3/t17-/m1/s1. The zero-order valence-corrected chi connectivity index (χ0v) is 14.9. The highest BCUT2D eigenvalue weighted by Gasteiger charge is 2.29. The minimum atomic E-state index is 0.135. The summed E-state index contributed by atoms with van der Waals surface area (Å²) in [5.41, 5.74) is 0.699. The minimum Gasteiger partial charge on any atom is -0.496 e. The molecular weight excluding hydrogens is 300 g/mol. The van der Waals surface area contributed by atoms with Gasteiger partial charge in [0.05, 0.1) is 12.7 Å². The molecule has 2 saturated heterocycles. The third-order valence-electron chi connectivity index (χ3n) is 5.45. The smallest absolute Gasteiger partial charge is 0.257 e.